The second kappa shape index (κ2) is 5.88. The normalized spacial score (nSPS) is 18.2. The van der Waals surface area contributed by atoms with Gasteiger partial charge in [-0.1, -0.05) is 6.92 Å². The van der Waals surface area contributed by atoms with Gasteiger partial charge in [-0.2, -0.15) is 0 Å². The number of aromatic nitrogens is 1. The van der Waals surface area contributed by atoms with E-state index in [2.05, 4.69) is 35.4 Å². The predicted molar refractivity (Wildman–Crippen MR) is 83.4 cm³/mol. The lowest BCUT2D eigenvalue weighted by atomic mass is 9.90. The molecule has 1 aliphatic carbocycles. The van der Waals surface area contributed by atoms with Crippen molar-refractivity contribution in [2.24, 2.45) is 0 Å². The van der Waals surface area contributed by atoms with Gasteiger partial charge in [-0.05, 0) is 62.9 Å². The molecule has 20 heavy (non-hydrogen) atoms. The van der Waals surface area contributed by atoms with Crippen molar-refractivity contribution in [2.45, 2.75) is 45.6 Å². The van der Waals surface area contributed by atoms with Gasteiger partial charge < -0.3 is 15.0 Å². The molecule has 1 aliphatic rings. The number of hydrogen-bond donors (Lipinski definition) is 2. The maximum absolute atomic E-state index is 5.66. The van der Waals surface area contributed by atoms with Gasteiger partial charge in [-0.3, -0.25) is 0 Å². The highest BCUT2D eigenvalue weighted by Crippen LogP contribution is 2.37. The summed E-state index contributed by atoms with van der Waals surface area (Å²) in [6.07, 6.45) is 4.84. The summed E-state index contributed by atoms with van der Waals surface area (Å²) in [6, 6.07) is 6.89. The van der Waals surface area contributed by atoms with Crippen LogP contribution in [0.15, 0.2) is 18.2 Å². The molecule has 2 aromatic rings. The fourth-order valence-corrected chi connectivity index (χ4v) is 3.25. The van der Waals surface area contributed by atoms with Crippen molar-refractivity contribution in [3.8, 4) is 5.75 Å². The minimum atomic E-state index is 0.490. The number of H-pyrrole nitrogens is 1. The van der Waals surface area contributed by atoms with E-state index in [0.29, 0.717) is 6.04 Å². The minimum Gasteiger partial charge on any atom is -0.494 e. The van der Waals surface area contributed by atoms with E-state index in [0.717, 1.165) is 25.3 Å². The Hall–Kier alpha value is -1.48. The molecule has 3 heteroatoms. The van der Waals surface area contributed by atoms with Crippen LogP contribution in [0.25, 0.3) is 10.9 Å². The van der Waals surface area contributed by atoms with Crippen LogP contribution in [0.4, 0.5) is 0 Å². The third-order valence-corrected chi connectivity index (χ3v) is 4.11. The fraction of sp³-hybridized carbons (Fsp3) is 0.529. The van der Waals surface area contributed by atoms with Gasteiger partial charge in [0.2, 0.25) is 0 Å². The lowest BCUT2D eigenvalue weighted by Gasteiger charge is -2.24. The zero-order chi connectivity index (χ0) is 13.9. The number of aryl methyl sites for hydroxylation is 1. The van der Waals surface area contributed by atoms with Crippen LogP contribution in [0.3, 0.4) is 0 Å². The quantitative estimate of drug-likeness (QED) is 0.865. The van der Waals surface area contributed by atoms with E-state index in [4.69, 9.17) is 4.74 Å². The van der Waals surface area contributed by atoms with Gasteiger partial charge in [0, 0.05) is 22.6 Å². The van der Waals surface area contributed by atoms with E-state index < -0.39 is 0 Å². The van der Waals surface area contributed by atoms with E-state index in [1.54, 1.807) is 0 Å². The van der Waals surface area contributed by atoms with Gasteiger partial charge in [-0.15, -0.1) is 0 Å². The third-order valence-electron chi connectivity index (χ3n) is 4.11. The number of hydrogen-bond acceptors (Lipinski definition) is 2. The van der Waals surface area contributed by atoms with Crippen LogP contribution in [-0.4, -0.2) is 18.1 Å². The average molecular weight is 272 g/mol. The first-order valence-electron chi connectivity index (χ1n) is 7.84. The average Bonchev–Trinajstić information content (AvgIpc) is 2.84. The summed E-state index contributed by atoms with van der Waals surface area (Å²) in [5.41, 5.74) is 4.12. The maximum atomic E-state index is 5.66. The Balaban J connectivity index is 2.02. The molecule has 0 radical (unpaired) electrons. The molecule has 0 saturated carbocycles. The molecule has 1 aromatic heterocycles. The number of fused-ring (bicyclic) bond motifs is 3. The molecule has 2 N–H and O–H groups in total. The van der Waals surface area contributed by atoms with Crippen molar-refractivity contribution >= 4 is 10.9 Å². The van der Waals surface area contributed by atoms with Crippen LogP contribution < -0.4 is 10.1 Å². The Bertz CT molecular complexity index is 588. The molecule has 0 saturated heterocycles. The molecular weight excluding hydrogens is 248 g/mol. The van der Waals surface area contributed by atoms with Crippen molar-refractivity contribution in [1.29, 1.82) is 0 Å². The van der Waals surface area contributed by atoms with Gasteiger partial charge in [0.15, 0.2) is 0 Å². The molecule has 0 amide bonds. The maximum Gasteiger partial charge on any atom is 0.120 e. The van der Waals surface area contributed by atoms with Crippen molar-refractivity contribution in [2.75, 3.05) is 13.2 Å². The molecule has 1 atom stereocenters. The summed E-state index contributed by atoms with van der Waals surface area (Å²) in [7, 11) is 0. The van der Waals surface area contributed by atoms with Crippen molar-refractivity contribution in [3.63, 3.8) is 0 Å². The van der Waals surface area contributed by atoms with Crippen LogP contribution in [0, 0.1) is 0 Å². The molecule has 3 nitrogen and oxygen atoms in total. The van der Waals surface area contributed by atoms with Crippen LogP contribution >= 0.6 is 0 Å². The highest BCUT2D eigenvalue weighted by Gasteiger charge is 2.24. The first kappa shape index (κ1) is 13.5. The number of rotatable bonds is 5. The molecule has 1 aromatic carbocycles. The van der Waals surface area contributed by atoms with E-state index in [1.807, 2.05) is 6.92 Å². The van der Waals surface area contributed by atoms with Crippen molar-refractivity contribution in [1.82, 2.24) is 10.3 Å². The minimum absolute atomic E-state index is 0.490. The Kier molecular flexibility index (Phi) is 3.97. The molecule has 0 aliphatic heterocycles. The summed E-state index contributed by atoms with van der Waals surface area (Å²) < 4.78 is 5.66. The first-order valence-corrected chi connectivity index (χ1v) is 7.84. The number of aromatic amines is 1. The molecule has 0 bridgehead atoms. The summed E-state index contributed by atoms with van der Waals surface area (Å²) in [5.74, 6) is 0.974. The Morgan fingerprint density at radius 3 is 3.05 bits per heavy atom. The van der Waals surface area contributed by atoms with Gasteiger partial charge in [0.1, 0.15) is 5.75 Å². The topological polar surface area (TPSA) is 37.0 Å². The Morgan fingerprint density at radius 1 is 1.35 bits per heavy atom. The molecule has 1 heterocycles. The second-order valence-corrected chi connectivity index (χ2v) is 5.56. The van der Waals surface area contributed by atoms with Crippen LogP contribution in [0.5, 0.6) is 5.75 Å². The van der Waals surface area contributed by atoms with E-state index >= 15 is 0 Å². The molecule has 0 spiro atoms. The molecule has 108 valence electrons. The standard InChI is InChI=1S/C17H24N2O/c1-3-10-18-15-6-5-7-16-17(15)13-11-12(20-4-2)8-9-14(13)19-16/h8-9,11,15,18-19H,3-7,10H2,1-2H3. The van der Waals surface area contributed by atoms with Gasteiger partial charge in [0.25, 0.3) is 0 Å². The smallest absolute Gasteiger partial charge is 0.120 e. The van der Waals surface area contributed by atoms with E-state index in [-0.39, 0.29) is 0 Å². The Labute approximate surface area is 120 Å². The first-order chi connectivity index (χ1) is 9.83. The van der Waals surface area contributed by atoms with E-state index in [9.17, 15) is 0 Å². The monoisotopic (exact) mass is 272 g/mol. The van der Waals surface area contributed by atoms with Gasteiger partial charge >= 0.3 is 0 Å². The van der Waals surface area contributed by atoms with Crippen molar-refractivity contribution in [3.05, 3.63) is 29.5 Å². The molecular formula is C17H24N2O. The summed E-state index contributed by atoms with van der Waals surface area (Å²) in [6.45, 7) is 6.05. The SMILES string of the molecule is CCCNC1CCCc2[nH]c3ccc(OCC)cc3c21. The highest BCUT2D eigenvalue weighted by molar-refractivity contribution is 5.86. The van der Waals surface area contributed by atoms with Gasteiger partial charge in [-0.25, -0.2) is 0 Å². The fourth-order valence-electron chi connectivity index (χ4n) is 3.25. The van der Waals surface area contributed by atoms with E-state index in [1.165, 1.54) is 41.4 Å². The van der Waals surface area contributed by atoms with Crippen molar-refractivity contribution < 1.29 is 4.74 Å². The van der Waals surface area contributed by atoms with Crippen LogP contribution in [0.1, 0.15) is 50.4 Å². The summed E-state index contributed by atoms with van der Waals surface area (Å²) in [5, 5.41) is 5.03. The highest BCUT2D eigenvalue weighted by atomic mass is 16.5. The van der Waals surface area contributed by atoms with Crippen LogP contribution in [0.2, 0.25) is 0 Å². The number of benzene rings is 1. The zero-order valence-electron chi connectivity index (χ0n) is 12.5. The number of nitrogens with one attached hydrogen (secondary N) is 2. The third kappa shape index (κ3) is 2.42. The summed E-state index contributed by atoms with van der Waals surface area (Å²) in [4.78, 5) is 3.60. The Morgan fingerprint density at radius 2 is 2.25 bits per heavy atom. The number of ether oxygens (including phenoxy) is 1. The largest absolute Gasteiger partial charge is 0.494 e. The lowest BCUT2D eigenvalue weighted by molar-refractivity contribution is 0.340. The molecule has 0 fully saturated rings. The second-order valence-electron chi connectivity index (χ2n) is 5.56. The zero-order valence-corrected chi connectivity index (χ0v) is 12.5. The summed E-state index contributed by atoms with van der Waals surface area (Å²) >= 11 is 0. The van der Waals surface area contributed by atoms with Crippen LogP contribution in [-0.2, 0) is 6.42 Å². The predicted octanol–water partition coefficient (Wildman–Crippen LogP) is 3.94. The molecule has 3 rings (SSSR count). The van der Waals surface area contributed by atoms with Gasteiger partial charge in [0.05, 0.1) is 6.61 Å². The lowest BCUT2D eigenvalue weighted by Crippen LogP contribution is -2.25. The molecule has 1 unspecified atom stereocenters.